The van der Waals surface area contributed by atoms with Crippen LogP contribution in [0.4, 0.5) is 0 Å². The predicted octanol–water partition coefficient (Wildman–Crippen LogP) is 17.0. The van der Waals surface area contributed by atoms with Crippen molar-refractivity contribution in [3.05, 3.63) is 0 Å². The van der Waals surface area contributed by atoms with Gasteiger partial charge in [-0.1, -0.05) is 252 Å². The molecule has 0 aliphatic heterocycles. The minimum absolute atomic E-state index is 0. The molecule has 0 aromatic rings. The summed E-state index contributed by atoms with van der Waals surface area (Å²) in [6, 6.07) is 0. The molecule has 1 unspecified atom stereocenters. The molecule has 0 saturated heterocycles. The SMILES string of the molecule is CCCCCCCCCCCCCCCCC(CCCCCCCCC)C(N)(CCCCCCCCC)CCCCCCCCC.Cl. The van der Waals surface area contributed by atoms with E-state index in [-0.39, 0.29) is 17.9 Å². The highest BCUT2D eigenvalue weighted by Crippen LogP contribution is 2.35. The van der Waals surface area contributed by atoms with Crippen molar-refractivity contribution in [1.82, 2.24) is 0 Å². The zero-order valence-electron chi connectivity index (χ0n) is 33.6. The Morgan fingerprint density at radius 2 is 0.489 bits per heavy atom. The molecule has 0 aromatic carbocycles. The molecular formula is C45H94ClN. The summed E-state index contributed by atoms with van der Waals surface area (Å²) in [5.41, 5.74) is 7.69. The Morgan fingerprint density at radius 3 is 0.723 bits per heavy atom. The fourth-order valence-electron chi connectivity index (χ4n) is 8.01. The van der Waals surface area contributed by atoms with Crippen LogP contribution < -0.4 is 5.73 Å². The van der Waals surface area contributed by atoms with Crippen molar-refractivity contribution in [1.29, 1.82) is 0 Å². The van der Waals surface area contributed by atoms with E-state index in [0.717, 1.165) is 5.92 Å². The standard InChI is InChI=1S/C45H93N.ClH/c1-5-9-13-17-21-22-23-24-25-26-27-29-33-37-41-44(40-36-32-28-18-14-10-6-2)45(46,42-38-34-30-19-15-11-7-3)43-39-35-31-20-16-12-8-4;/h44H,5-43,46H2,1-4H3;1H. The van der Waals surface area contributed by atoms with Gasteiger partial charge in [0.05, 0.1) is 0 Å². The average Bonchev–Trinajstić information content (AvgIpc) is 3.06. The van der Waals surface area contributed by atoms with E-state index in [1.807, 2.05) is 0 Å². The molecule has 0 rings (SSSR count). The van der Waals surface area contributed by atoms with Gasteiger partial charge in [0.25, 0.3) is 0 Å². The Balaban J connectivity index is 0. The summed E-state index contributed by atoms with van der Waals surface area (Å²) in [7, 11) is 0. The molecule has 0 aromatic heterocycles. The van der Waals surface area contributed by atoms with Gasteiger partial charge in [0.1, 0.15) is 0 Å². The van der Waals surface area contributed by atoms with Crippen molar-refractivity contribution in [3.63, 3.8) is 0 Å². The van der Waals surface area contributed by atoms with Crippen LogP contribution in [0, 0.1) is 5.92 Å². The summed E-state index contributed by atoms with van der Waals surface area (Å²) < 4.78 is 0. The monoisotopic (exact) mass is 684 g/mol. The second-order valence-electron chi connectivity index (χ2n) is 16.0. The zero-order chi connectivity index (χ0) is 33.7. The highest BCUT2D eigenvalue weighted by atomic mass is 35.5. The Morgan fingerprint density at radius 1 is 0.298 bits per heavy atom. The summed E-state index contributed by atoms with van der Waals surface area (Å²) in [6.45, 7) is 9.31. The Bertz CT molecular complexity index is 530. The highest BCUT2D eigenvalue weighted by Gasteiger charge is 2.33. The topological polar surface area (TPSA) is 26.0 Å². The minimum atomic E-state index is 0. The lowest BCUT2D eigenvalue weighted by molar-refractivity contribution is 0.189. The molecule has 0 aliphatic rings. The maximum absolute atomic E-state index is 7.60. The van der Waals surface area contributed by atoms with Crippen LogP contribution in [0.5, 0.6) is 0 Å². The van der Waals surface area contributed by atoms with Gasteiger partial charge in [0.2, 0.25) is 0 Å². The fraction of sp³-hybridized carbons (Fsp3) is 1.00. The number of rotatable bonds is 40. The van der Waals surface area contributed by atoms with Gasteiger partial charge in [-0.2, -0.15) is 0 Å². The first-order valence-electron chi connectivity index (χ1n) is 22.4. The second kappa shape index (κ2) is 40.7. The van der Waals surface area contributed by atoms with Gasteiger partial charge >= 0.3 is 0 Å². The molecule has 0 heterocycles. The molecule has 0 bridgehead atoms. The van der Waals surface area contributed by atoms with Crippen molar-refractivity contribution >= 4 is 12.4 Å². The van der Waals surface area contributed by atoms with E-state index >= 15 is 0 Å². The van der Waals surface area contributed by atoms with Gasteiger partial charge < -0.3 is 5.73 Å². The molecule has 1 nitrogen and oxygen atoms in total. The van der Waals surface area contributed by atoms with Crippen LogP contribution in [-0.4, -0.2) is 5.54 Å². The van der Waals surface area contributed by atoms with Gasteiger partial charge in [-0.05, 0) is 31.6 Å². The molecule has 47 heavy (non-hydrogen) atoms. The maximum atomic E-state index is 7.60. The van der Waals surface area contributed by atoms with Gasteiger partial charge in [0, 0.05) is 5.54 Å². The number of hydrogen-bond donors (Lipinski definition) is 1. The van der Waals surface area contributed by atoms with E-state index in [2.05, 4.69) is 27.7 Å². The molecular weight excluding hydrogens is 590 g/mol. The van der Waals surface area contributed by atoms with Crippen LogP contribution >= 0.6 is 12.4 Å². The van der Waals surface area contributed by atoms with Crippen LogP contribution in [-0.2, 0) is 0 Å². The van der Waals surface area contributed by atoms with Crippen LogP contribution in [0.2, 0.25) is 0 Å². The molecule has 0 saturated carbocycles. The minimum Gasteiger partial charge on any atom is -0.325 e. The fourth-order valence-corrected chi connectivity index (χ4v) is 8.01. The lowest BCUT2D eigenvalue weighted by atomic mass is 9.72. The Labute approximate surface area is 306 Å². The van der Waals surface area contributed by atoms with E-state index in [1.54, 1.807) is 0 Å². The first-order valence-corrected chi connectivity index (χ1v) is 22.4. The number of halogens is 1. The van der Waals surface area contributed by atoms with Gasteiger partial charge in [-0.15, -0.1) is 12.4 Å². The van der Waals surface area contributed by atoms with Crippen LogP contribution in [0.25, 0.3) is 0 Å². The molecule has 1 atom stereocenters. The van der Waals surface area contributed by atoms with Gasteiger partial charge in [-0.3, -0.25) is 0 Å². The largest absolute Gasteiger partial charge is 0.325 e. The van der Waals surface area contributed by atoms with Crippen molar-refractivity contribution < 1.29 is 0 Å². The molecule has 0 radical (unpaired) electrons. The van der Waals surface area contributed by atoms with Gasteiger partial charge in [0.15, 0.2) is 0 Å². The third kappa shape index (κ3) is 34.5. The molecule has 0 aliphatic carbocycles. The Kier molecular flexibility index (Phi) is 42.7. The first-order chi connectivity index (χ1) is 22.6. The summed E-state index contributed by atoms with van der Waals surface area (Å²) >= 11 is 0. The summed E-state index contributed by atoms with van der Waals surface area (Å²) in [6.07, 6.45) is 55.3. The molecule has 0 amide bonds. The van der Waals surface area contributed by atoms with Crippen molar-refractivity contribution in [2.45, 2.75) is 284 Å². The first kappa shape index (κ1) is 49.4. The zero-order valence-corrected chi connectivity index (χ0v) is 34.5. The second-order valence-corrected chi connectivity index (χ2v) is 16.0. The Hall–Kier alpha value is 0.250. The molecule has 0 spiro atoms. The van der Waals surface area contributed by atoms with Crippen LogP contribution in [0.3, 0.4) is 0 Å². The highest BCUT2D eigenvalue weighted by molar-refractivity contribution is 5.85. The lowest BCUT2D eigenvalue weighted by Gasteiger charge is -2.39. The van der Waals surface area contributed by atoms with Crippen molar-refractivity contribution in [2.24, 2.45) is 11.7 Å². The number of unbranched alkanes of at least 4 members (excludes halogenated alkanes) is 31. The van der Waals surface area contributed by atoms with E-state index in [0.29, 0.717) is 0 Å². The summed E-state index contributed by atoms with van der Waals surface area (Å²) in [5.74, 6) is 0.751. The third-order valence-corrected chi connectivity index (χ3v) is 11.4. The smallest absolute Gasteiger partial charge is 0.0182 e. The van der Waals surface area contributed by atoms with Crippen molar-refractivity contribution in [3.8, 4) is 0 Å². The normalized spacial score (nSPS) is 12.4. The maximum Gasteiger partial charge on any atom is 0.0182 e. The quantitative estimate of drug-likeness (QED) is 0.0639. The van der Waals surface area contributed by atoms with Crippen LogP contribution in [0.1, 0.15) is 278 Å². The van der Waals surface area contributed by atoms with E-state index in [4.69, 9.17) is 5.73 Å². The summed E-state index contributed by atoms with van der Waals surface area (Å²) in [4.78, 5) is 0. The summed E-state index contributed by atoms with van der Waals surface area (Å²) in [5, 5.41) is 0. The van der Waals surface area contributed by atoms with Crippen molar-refractivity contribution in [2.75, 3.05) is 0 Å². The average molecular weight is 685 g/mol. The predicted molar refractivity (Wildman–Crippen MR) is 220 cm³/mol. The van der Waals surface area contributed by atoms with Crippen LogP contribution in [0.15, 0.2) is 0 Å². The third-order valence-electron chi connectivity index (χ3n) is 11.4. The number of nitrogens with two attached hydrogens (primary N) is 1. The van der Waals surface area contributed by atoms with E-state index < -0.39 is 0 Å². The molecule has 2 heteroatoms. The van der Waals surface area contributed by atoms with E-state index in [1.165, 1.54) is 250 Å². The van der Waals surface area contributed by atoms with E-state index in [9.17, 15) is 0 Å². The molecule has 0 fully saturated rings. The molecule has 286 valence electrons. The van der Waals surface area contributed by atoms with Gasteiger partial charge in [-0.25, -0.2) is 0 Å². The lowest BCUT2D eigenvalue weighted by Crippen LogP contribution is -2.47. The molecule has 2 N–H and O–H groups in total. The number of hydrogen-bond acceptors (Lipinski definition) is 1.